The lowest BCUT2D eigenvalue weighted by atomic mass is 10.1. The van der Waals surface area contributed by atoms with E-state index in [4.69, 9.17) is 5.11 Å². The lowest BCUT2D eigenvalue weighted by molar-refractivity contribution is -0.137. The zero-order valence-corrected chi connectivity index (χ0v) is 12.8. The summed E-state index contributed by atoms with van der Waals surface area (Å²) >= 11 is -2.40. The molecule has 1 aromatic carbocycles. The maximum atomic E-state index is 11.5. The molecular weight excluding hydrogens is 304 g/mol. The predicted octanol–water partition coefficient (Wildman–Crippen LogP) is 2.48. The van der Waals surface area contributed by atoms with Gasteiger partial charge >= 0.3 is 5.97 Å². The number of carboxylic acids is 1. The molecule has 2 aromatic rings. The largest absolute Gasteiger partial charge is 0.755 e. The van der Waals surface area contributed by atoms with Crippen molar-refractivity contribution < 1.29 is 18.7 Å². The van der Waals surface area contributed by atoms with Crippen molar-refractivity contribution in [1.29, 1.82) is 0 Å². The van der Waals surface area contributed by atoms with Crippen molar-refractivity contribution in [2.24, 2.45) is 0 Å². The van der Waals surface area contributed by atoms with E-state index in [-0.39, 0.29) is 6.42 Å². The number of benzene rings is 1. The van der Waals surface area contributed by atoms with E-state index in [2.05, 4.69) is 4.98 Å². The summed E-state index contributed by atoms with van der Waals surface area (Å²) < 4.78 is 24.3. The van der Waals surface area contributed by atoms with Crippen LogP contribution in [0.25, 0.3) is 10.9 Å². The van der Waals surface area contributed by atoms with Gasteiger partial charge in [0.15, 0.2) is 0 Å². The maximum absolute atomic E-state index is 11.5. The number of aliphatic carboxylic acids is 1. The van der Waals surface area contributed by atoms with Gasteiger partial charge in [-0.2, -0.15) is 0 Å². The van der Waals surface area contributed by atoms with Crippen molar-refractivity contribution in [2.75, 3.05) is 10.8 Å². The number of unbranched alkanes of at least 4 members (excludes halogenated alkanes) is 2. The van der Waals surface area contributed by atoms with Crippen LogP contribution in [0, 0.1) is 0 Å². The van der Waals surface area contributed by atoms with Gasteiger partial charge in [0.1, 0.15) is 0 Å². The van der Waals surface area contributed by atoms with Gasteiger partial charge in [-0.1, -0.05) is 24.6 Å². The Labute approximate surface area is 131 Å². The molecule has 2 rings (SSSR count). The lowest BCUT2D eigenvalue weighted by Gasteiger charge is -2.27. The Morgan fingerprint density at radius 2 is 2.00 bits per heavy atom. The first kappa shape index (κ1) is 16.4. The Morgan fingerprint density at radius 1 is 1.23 bits per heavy atom. The third kappa shape index (κ3) is 4.25. The molecule has 0 amide bonds. The van der Waals surface area contributed by atoms with E-state index in [1.807, 2.05) is 12.1 Å². The van der Waals surface area contributed by atoms with Crippen molar-refractivity contribution in [1.82, 2.24) is 4.98 Å². The fourth-order valence-electron chi connectivity index (χ4n) is 2.27. The fourth-order valence-corrected chi connectivity index (χ4v) is 2.86. The molecule has 0 aliphatic rings. The first-order chi connectivity index (χ1) is 10.6. The van der Waals surface area contributed by atoms with Crippen LogP contribution in [-0.4, -0.2) is 31.4 Å². The summed E-state index contributed by atoms with van der Waals surface area (Å²) in [6.45, 7) is 0.311. The highest BCUT2D eigenvalue weighted by Crippen LogP contribution is 2.26. The van der Waals surface area contributed by atoms with Gasteiger partial charge in [0.05, 0.1) is 11.2 Å². The molecule has 7 heteroatoms. The average molecular weight is 321 g/mol. The van der Waals surface area contributed by atoms with Crippen LogP contribution in [0.4, 0.5) is 5.69 Å². The zero-order chi connectivity index (χ0) is 15.9. The first-order valence-corrected chi connectivity index (χ1v) is 8.05. The summed E-state index contributed by atoms with van der Waals surface area (Å²) in [4.78, 5) is 14.7. The minimum Gasteiger partial charge on any atom is -0.755 e. The van der Waals surface area contributed by atoms with Gasteiger partial charge in [-0.15, -0.1) is 0 Å². The molecule has 0 aliphatic carbocycles. The molecule has 0 saturated heterocycles. The van der Waals surface area contributed by atoms with Gasteiger partial charge in [0.25, 0.3) is 0 Å². The van der Waals surface area contributed by atoms with Crippen molar-refractivity contribution in [3.63, 3.8) is 0 Å². The third-order valence-electron chi connectivity index (χ3n) is 3.31. The average Bonchev–Trinajstić information content (AvgIpc) is 2.50. The van der Waals surface area contributed by atoms with Crippen molar-refractivity contribution in [3.05, 3.63) is 36.5 Å². The van der Waals surface area contributed by atoms with E-state index in [0.717, 1.165) is 5.39 Å². The lowest BCUT2D eigenvalue weighted by Crippen LogP contribution is -2.27. The minimum atomic E-state index is -2.40. The topological polar surface area (TPSA) is 93.6 Å². The van der Waals surface area contributed by atoms with Crippen LogP contribution < -0.4 is 4.31 Å². The molecule has 0 bridgehead atoms. The summed E-state index contributed by atoms with van der Waals surface area (Å²) in [5.41, 5.74) is 1.18. The molecule has 1 heterocycles. The van der Waals surface area contributed by atoms with E-state index in [9.17, 15) is 13.6 Å². The highest BCUT2D eigenvalue weighted by Gasteiger charge is 2.11. The number of para-hydroxylation sites is 1. The van der Waals surface area contributed by atoms with E-state index < -0.39 is 17.2 Å². The number of nitrogens with zero attached hydrogens (tertiary/aromatic N) is 2. The number of fused-ring (bicyclic) bond motifs is 1. The van der Waals surface area contributed by atoms with Gasteiger partial charge in [-0.3, -0.25) is 14.0 Å². The van der Waals surface area contributed by atoms with Gasteiger partial charge in [-0.25, -0.2) is 0 Å². The molecule has 0 fully saturated rings. The molecule has 0 aliphatic heterocycles. The number of carbonyl (C=O) groups is 1. The number of hydrogen-bond donors (Lipinski definition) is 1. The third-order valence-corrected chi connectivity index (χ3v) is 4.05. The number of pyridine rings is 1. The number of anilines is 1. The number of carboxylic acid groups (broad SMARTS) is 1. The zero-order valence-electron chi connectivity index (χ0n) is 12.0. The molecule has 118 valence electrons. The van der Waals surface area contributed by atoms with Crippen LogP contribution in [0.5, 0.6) is 0 Å². The predicted molar refractivity (Wildman–Crippen MR) is 84.1 cm³/mol. The Bertz CT molecular complexity index is 672. The summed E-state index contributed by atoms with van der Waals surface area (Å²) in [7, 11) is 0. The van der Waals surface area contributed by atoms with Gasteiger partial charge in [0, 0.05) is 35.8 Å². The Kier molecular flexibility index (Phi) is 5.85. The van der Waals surface area contributed by atoms with Crippen LogP contribution in [0.1, 0.15) is 25.7 Å². The standard InChI is InChI=1S/C15H18N2O4S/c18-14(19)9-2-1-3-11-17(22(20)21)13-8-4-6-12-7-5-10-16-15(12)13/h4-8,10H,1-3,9,11H2,(H,18,19)(H,20,21)/p-1. The Balaban J connectivity index is 2.10. The van der Waals surface area contributed by atoms with Gasteiger partial charge in [-0.05, 0) is 25.0 Å². The monoisotopic (exact) mass is 321 g/mol. The Morgan fingerprint density at radius 3 is 2.73 bits per heavy atom. The summed E-state index contributed by atoms with van der Waals surface area (Å²) in [6, 6.07) is 9.08. The summed E-state index contributed by atoms with van der Waals surface area (Å²) in [6.07, 6.45) is 3.55. The summed E-state index contributed by atoms with van der Waals surface area (Å²) in [5, 5.41) is 9.47. The molecule has 1 atom stereocenters. The van der Waals surface area contributed by atoms with Crippen LogP contribution in [0.3, 0.4) is 0 Å². The van der Waals surface area contributed by atoms with Crippen molar-refractivity contribution >= 4 is 33.8 Å². The van der Waals surface area contributed by atoms with Crippen molar-refractivity contribution in [3.8, 4) is 0 Å². The molecule has 1 aromatic heterocycles. The molecular formula is C15H17N2O4S-. The smallest absolute Gasteiger partial charge is 0.303 e. The van der Waals surface area contributed by atoms with Gasteiger partial charge < -0.3 is 14.0 Å². The minimum absolute atomic E-state index is 0.107. The molecule has 1 unspecified atom stereocenters. The van der Waals surface area contributed by atoms with Gasteiger partial charge in [0.2, 0.25) is 0 Å². The molecule has 0 saturated carbocycles. The van der Waals surface area contributed by atoms with Crippen LogP contribution in [0.2, 0.25) is 0 Å². The normalized spacial score (nSPS) is 12.2. The molecule has 1 N–H and O–H groups in total. The maximum Gasteiger partial charge on any atom is 0.303 e. The number of hydrogen-bond acceptors (Lipinski definition) is 4. The van der Waals surface area contributed by atoms with Crippen LogP contribution in [-0.2, 0) is 16.1 Å². The van der Waals surface area contributed by atoms with E-state index in [1.54, 1.807) is 24.4 Å². The molecule has 0 radical (unpaired) electrons. The second-order valence-corrected chi connectivity index (χ2v) is 5.75. The van der Waals surface area contributed by atoms with E-state index >= 15 is 0 Å². The van der Waals surface area contributed by atoms with E-state index in [0.29, 0.717) is 37.0 Å². The molecule has 22 heavy (non-hydrogen) atoms. The van der Waals surface area contributed by atoms with Crippen LogP contribution >= 0.6 is 0 Å². The highest BCUT2D eigenvalue weighted by molar-refractivity contribution is 7.80. The second kappa shape index (κ2) is 7.86. The molecule has 6 nitrogen and oxygen atoms in total. The molecule has 0 spiro atoms. The van der Waals surface area contributed by atoms with E-state index in [1.165, 1.54) is 4.31 Å². The fraction of sp³-hybridized carbons (Fsp3) is 0.333. The van der Waals surface area contributed by atoms with Crippen LogP contribution in [0.15, 0.2) is 36.5 Å². The highest BCUT2D eigenvalue weighted by atomic mass is 32.2. The second-order valence-electron chi connectivity index (χ2n) is 4.88. The quantitative estimate of drug-likeness (QED) is 0.595. The van der Waals surface area contributed by atoms with Crippen molar-refractivity contribution in [2.45, 2.75) is 25.7 Å². The SMILES string of the molecule is O=C(O)CCCCCN(c1cccc2cccnc12)S(=O)[O-]. The Hall–Kier alpha value is -1.99. The first-order valence-electron chi connectivity index (χ1n) is 7.02. The number of aromatic nitrogens is 1. The summed E-state index contributed by atoms with van der Waals surface area (Å²) in [5.74, 6) is -0.831. The number of rotatable bonds is 8.